The van der Waals surface area contributed by atoms with Gasteiger partial charge in [0.15, 0.2) is 0 Å². The zero-order chi connectivity index (χ0) is 12.5. The Labute approximate surface area is 107 Å². The van der Waals surface area contributed by atoms with Gasteiger partial charge in [-0.2, -0.15) is 0 Å². The molecule has 0 atom stereocenters. The summed E-state index contributed by atoms with van der Waals surface area (Å²) in [5.74, 6) is 0. The van der Waals surface area contributed by atoms with E-state index >= 15 is 0 Å². The fourth-order valence-corrected chi connectivity index (χ4v) is 2.28. The molecular weight excluding hydrogens is 206 g/mol. The van der Waals surface area contributed by atoms with E-state index in [9.17, 15) is 0 Å². The molecule has 0 aliphatic heterocycles. The normalized spacial score (nSPS) is 10.8. The van der Waals surface area contributed by atoms with Crippen LogP contribution in [-0.4, -0.2) is 6.04 Å². The average Bonchev–Trinajstić information content (AvgIpc) is 2.33. The van der Waals surface area contributed by atoms with Crippen LogP contribution in [0.3, 0.4) is 0 Å². The highest BCUT2D eigenvalue weighted by atomic mass is 14.9. The first-order valence-corrected chi connectivity index (χ1v) is 7.15. The maximum absolute atomic E-state index is 3.65. The molecule has 0 saturated heterocycles. The minimum Gasteiger partial charge on any atom is -0.382 e. The first kappa shape index (κ1) is 14.1. The van der Waals surface area contributed by atoms with Crippen molar-refractivity contribution in [3.05, 3.63) is 29.8 Å². The van der Waals surface area contributed by atoms with Crippen molar-refractivity contribution < 1.29 is 0 Å². The SMILES string of the molecule is CCCc1ccc(NC(CCC)CCC)cc1. The molecule has 1 rings (SSSR count). The molecule has 0 fully saturated rings. The third-order valence-electron chi connectivity index (χ3n) is 3.14. The van der Waals surface area contributed by atoms with Crippen LogP contribution in [0.5, 0.6) is 0 Å². The van der Waals surface area contributed by atoms with Gasteiger partial charge >= 0.3 is 0 Å². The molecule has 1 aromatic rings. The van der Waals surface area contributed by atoms with E-state index in [4.69, 9.17) is 0 Å². The summed E-state index contributed by atoms with van der Waals surface area (Å²) in [6.07, 6.45) is 7.46. The molecule has 1 aromatic carbocycles. The van der Waals surface area contributed by atoms with Crippen molar-refractivity contribution in [1.82, 2.24) is 0 Å². The van der Waals surface area contributed by atoms with Gasteiger partial charge in [-0.1, -0.05) is 52.2 Å². The number of anilines is 1. The molecule has 17 heavy (non-hydrogen) atoms. The maximum atomic E-state index is 3.65. The lowest BCUT2D eigenvalue weighted by molar-refractivity contribution is 0.586. The van der Waals surface area contributed by atoms with Crippen LogP contribution in [-0.2, 0) is 6.42 Å². The van der Waals surface area contributed by atoms with Gasteiger partial charge in [-0.05, 0) is 37.0 Å². The summed E-state index contributed by atoms with van der Waals surface area (Å²) in [6, 6.07) is 9.59. The van der Waals surface area contributed by atoms with Crippen LogP contribution in [0.15, 0.2) is 24.3 Å². The van der Waals surface area contributed by atoms with Crippen LogP contribution in [0.25, 0.3) is 0 Å². The second-order valence-electron chi connectivity index (χ2n) is 4.87. The fourth-order valence-electron chi connectivity index (χ4n) is 2.28. The molecule has 1 N–H and O–H groups in total. The molecular formula is C16H27N. The number of benzene rings is 1. The Morgan fingerprint density at radius 3 is 1.94 bits per heavy atom. The van der Waals surface area contributed by atoms with Crippen molar-refractivity contribution in [1.29, 1.82) is 0 Å². The predicted octanol–water partition coefficient (Wildman–Crippen LogP) is 5.02. The lowest BCUT2D eigenvalue weighted by Crippen LogP contribution is -2.18. The van der Waals surface area contributed by atoms with Crippen molar-refractivity contribution in [2.45, 2.75) is 65.3 Å². The average molecular weight is 233 g/mol. The van der Waals surface area contributed by atoms with Gasteiger partial charge in [0.2, 0.25) is 0 Å². The Kier molecular flexibility index (Phi) is 6.76. The molecule has 0 radical (unpaired) electrons. The summed E-state index contributed by atoms with van der Waals surface area (Å²) >= 11 is 0. The summed E-state index contributed by atoms with van der Waals surface area (Å²) in [5, 5.41) is 3.65. The molecule has 0 aliphatic rings. The number of nitrogens with one attached hydrogen (secondary N) is 1. The third kappa shape index (κ3) is 5.25. The minimum atomic E-state index is 0.641. The van der Waals surface area contributed by atoms with Gasteiger partial charge in [-0.3, -0.25) is 0 Å². The van der Waals surface area contributed by atoms with Crippen LogP contribution in [0.2, 0.25) is 0 Å². The summed E-state index contributed by atoms with van der Waals surface area (Å²) in [5.41, 5.74) is 2.72. The molecule has 0 saturated carbocycles. The highest BCUT2D eigenvalue weighted by Gasteiger charge is 2.05. The van der Waals surface area contributed by atoms with E-state index in [-0.39, 0.29) is 0 Å². The molecule has 0 bridgehead atoms. The Morgan fingerprint density at radius 2 is 1.47 bits per heavy atom. The number of aryl methyl sites for hydroxylation is 1. The first-order valence-electron chi connectivity index (χ1n) is 7.15. The smallest absolute Gasteiger partial charge is 0.0342 e. The van der Waals surface area contributed by atoms with Crippen molar-refractivity contribution in [2.75, 3.05) is 5.32 Å². The van der Waals surface area contributed by atoms with Gasteiger partial charge in [0, 0.05) is 11.7 Å². The van der Waals surface area contributed by atoms with Crippen molar-refractivity contribution in [3.63, 3.8) is 0 Å². The van der Waals surface area contributed by atoms with E-state index in [1.54, 1.807) is 0 Å². The van der Waals surface area contributed by atoms with E-state index in [1.807, 2.05) is 0 Å². The van der Waals surface area contributed by atoms with Crippen LogP contribution in [0.1, 0.15) is 58.4 Å². The number of hydrogen-bond donors (Lipinski definition) is 1. The van der Waals surface area contributed by atoms with E-state index in [2.05, 4.69) is 50.4 Å². The van der Waals surface area contributed by atoms with Gasteiger partial charge in [0.05, 0.1) is 0 Å². The number of hydrogen-bond acceptors (Lipinski definition) is 1. The predicted molar refractivity (Wildman–Crippen MR) is 77.7 cm³/mol. The highest BCUT2D eigenvalue weighted by molar-refractivity contribution is 5.45. The van der Waals surface area contributed by atoms with Crippen LogP contribution in [0.4, 0.5) is 5.69 Å². The van der Waals surface area contributed by atoms with Crippen LogP contribution >= 0.6 is 0 Å². The molecule has 0 aliphatic carbocycles. The lowest BCUT2D eigenvalue weighted by atomic mass is 10.1. The molecule has 96 valence electrons. The van der Waals surface area contributed by atoms with Gasteiger partial charge in [0.1, 0.15) is 0 Å². The molecule has 0 spiro atoms. The fraction of sp³-hybridized carbons (Fsp3) is 0.625. The molecule has 1 nitrogen and oxygen atoms in total. The minimum absolute atomic E-state index is 0.641. The number of rotatable bonds is 8. The van der Waals surface area contributed by atoms with Crippen molar-refractivity contribution in [2.24, 2.45) is 0 Å². The summed E-state index contributed by atoms with van der Waals surface area (Å²) in [4.78, 5) is 0. The van der Waals surface area contributed by atoms with Crippen molar-refractivity contribution >= 4 is 5.69 Å². The second-order valence-corrected chi connectivity index (χ2v) is 4.87. The van der Waals surface area contributed by atoms with Crippen LogP contribution in [0, 0.1) is 0 Å². The van der Waals surface area contributed by atoms with E-state index < -0.39 is 0 Å². The maximum Gasteiger partial charge on any atom is 0.0342 e. The van der Waals surface area contributed by atoms with E-state index in [0.29, 0.717) is 6.04 Å². The topological polar surface area (TPSA) is 12.0 Å². The highest BCUT2D eigenvalue weighted by Crippen LogP contribution is 2.16. The zero-order valence-corrected chi connectivity index (χ0v) is 11.6. The first-order chi connectivity index (χ1) is 8.30. The molecule has 0 heterocycles. The Bertz CT molecular complexity index is 283. The van der Waals surface area contributed by atoms with Gasteiger partial charge in [-0.15, -0.1) is 0 Å². The largest absolute Gasteiger partial charge is 0.382 e. The van der Waals surface area contributed by atoms with Crippen molar-refractivity contribution in [3.8, 4) is 0 Å². The molecule has 0 unspecified atom stereocenters. The van der Waals surface area contributed by atoms with Crippen LogP contribution < -0.4 is 5.32 Å². The lowest BCUT2D eigenvalue weighted by Gasteiger charge is -2.18. The molecule has 0 amide bonds. The second kappa shape index (κ2) is 8.16. The standard InChI is InChI=1S/C16H27N/c1-4-7-14-10-12-16(13-11-14)17-15(8-5-2)9-6-3/h10-13,15,17H,4-9H2,1-3H3. The Morgan fingerprint density at radius 1 is 0.882 bits per heavy atom. The summed E-state index contributed by atoms with van der Waals surface area (Å²) in [7, 11) is 0. The van der Waals surface area contributed by atoms with Gasteiger partial charge in [0.25, 0.3) is 0 Å². The third-order valence-corrected chi connectivity index (χ3v) is 3.14. The molecule has 0 aromatic heterocycles. The molecule has 1 heteroatoms. The summed E-state index contributed by atoms with van der Waals surface area (Å²) < 4.78 is 0. The zero-order valence-electron chi connectivity index (χ0n) is 11.6. The van der Waals surface area contributed by atoms with E-state index in [0.717, 1.165) is 0 Å². The quantitative estimate of drug-likeness (QED) is 0.664. The monoisotopic (exact) mass is 233 g/mol. The van der Waals surface area contributed by atoms with Gasteiger partial charge < -0.3 is 5.32 Å². The summed E-state index contributed by atoms with van der Waals surface area (Å²) in [6.45, 7) is 6.74. The van der Waals surface area contributed by atoms with E-state index in [1.165, 1.54) is 49.8 Å². The van der Waals surface area contributed by atoms with Gasteiger partial charge in [-0.25, -0.2) is 0 Å². The Hall–Kier alpha value is -0.980. The Balaban J connectivity index is 2.53.